The highest BCUT2D eigenvalue weighted by Gasteiger charge is 2.04. The van der Waals surface area contributed by atoms with E-state index in [2.05, 4.69) is 13.8 Å². The fourth-order valence-corrected chi connectivity index (χ4v) is 1.75. The first-order valence-corrected chi connectivity index (χ1v) is 6.03. The van der Waals surface area contributed by atoms with Crippen molar-refractivity contribution in [1.29, 1.82) is 0 Å². The Morgan fingerprint density at radius 3 is 2.88 bits per heavy atom. The predicted octanol–water partition coefficient (Wildman–Crippen LogP) is 3.34. The zero-order valence-corrected chi connectivity index (χ0v) is 10.5. The van der Waals surface area contributed by atoms with Gasteiger partial charge in [0.25, 0.3) is 0 Å². The van der Waals surface area contributed by atoms with Gasteiger partial charge in [-0.05, 0) is 30.0 Å². The van der Waals surface area contributed by atoms with Gasteiger partial charge in [0.2, 0.25) is 0 Å². The normalized spacial score (nSPS) is 12.4. The monoisotopic (exact) mass is 236 g/mol. The number of carbonyl (C=O) groups is 1. The maximum Gasteiger partial charge on any atom is 0.335 e. The van der Waals surface area contributed by atoms with E-state index in [9.17, 15) is 4.79 Å². The highest BCUT2D eigenvalue weighted by atomic mass is 16.5. The van der Waals surface area contributed by atoms with Gasteiger partial charge in [-0.3, -0.25) is 0 Å². The van der Waals surface area contributed by atoms with Crippen molar-refractivity contribution in [2.75, 3.05) is 6.61 Å². The SMILES string of the molecule is CCCC(C)COCc1cccc(C(=O)O)c1. The maximum absolute atomic E-state index is 10.8. The minimum atomic E-state index is -0.897. The zero-order chi connectivity index (χ0) is 12.7. The average molecular weight is 236 g/mol. The van der Waals surface area contributed by atoms with Crippen LogP contribution in [0.3, 0.4) is 0 Å². The average Bonchev–Trinajstić information content (AvgIpc) is 2.30. The van der Waals surface area contributed by atoms with Gasteiger partial charge < -0.3 is 9.84 Å². The summed E-state index contributed by atoms with van der Waals surface area (Å²) >= 11 is 0. The molecule has 0 saturated heterocycles. The third kappa shape index (κ3) is 5.00. The number of benzene rings is 1. The van der Waals surface area contributed by atoms with E-state index >= 15 is 0 Å². The Hall–Kier alpha value is -1.35. The fourth-order valence-electron chi connectivity index (χ4n) is 1.75. The molecule has 0 bridgehead atoms. The third-order valence-corrected chi connectivity index (χ3v) is 2.63. The second-order valence-corrected chi connectivity index (χ2v) is 4.41. The Balaban J connectivity index is 2.41. The first kappa shape index (κ1) is 13.7. The summed E-state index contributed by atoms with van der Waals surface area (Å²) in [5, 5.41) is 8.85. The molecule has 0 heterocycles. The van der Waals surface area contributed by atoms with E-state index in [1.807, 2.05) is 6.07 Å². The number of ether oxygens (including phenoxy) is 1. The molecule has 0 aliphatic rings. The van der Waals surface area contributed by atoms with Crippen LogP contribution in [0.4, 0.5) is 0 Å². The lowest BCUT2D eigenvalue weighted by Crippen LogP contribution is -2.06. The fraction of sp³-hybridized carbons (Fsp3) is 0.500. The summed E-state index contributed by atoms with van der Waals surface area (Å²) in [6, 6.07) is 6.88. The van der Waals surface area contributed by atoms with E-state index in [1.54, 1.807) is 18.2 Å². The van der Waals surface area contributed by atoms with E-state index in [-0.39, 0.29) is 0 Å². The number of rotatable bonds is 7. The zero-order valence-electron chi connectivity index (χ0n) is 10.5. The van der Waals surface area contributed by atoms with Crippen molar-refractivity contribution in [3.05, 3.63) is 35.4 Å². The van der Waals surface area contributed by atoms with Gasteiger partial charge in [-0.25, -0.2) is 4.79 Å². The van der Waals surface area contributed by atoms with Gasteiger partial charge in [0.05, 0.1) is 12.2 Å². The lowest BCUT2D eigenvalue weighted by atomic mass is 10.1. The van der Waals surface area contributed by atoms with Crippen molar-refractivity contribution < 1.29 is 14.6 Å². The van der Waals surface area contributed by atoms with Crippen LogP contribution in [0.15, 0.2) is 24.3 Å². The smallest absolute Gasteiger partial charge is 0.335 e. The van der Waals surface area contributed by atoms with Crippen molar-refractivity contribution >= 4 is 5.97 Å². The van der Waals surface area contributed by atoms with Crippen LogP contribution in [0.5, 0.6) is 0 Å². The molecule has 0 fully saturated rings. The molecule has 1 atom stereocenters. The molecular weight excluding hydrogens is 216 g/mol. The number of hydrogen-bond donors (Lipinski definition) is 1. The van der Waals surface area contributed by atoms with Crippen molar-refractivity contribution in [2.45, 2.75) is 33.3 Å². The number of hydrogen-bond acceptors (Lipinski definition) is 2. The van der Waals surface area contributed by atoms with Crippen LogP contribution in [0.25, 0.3) is 0 Å². The second kappa shape index (κ2) is 7.07. The van der Waals surface area contributed by atoms with Gasteiger partial charge >= 0.3 is 5.97 Å². The Labute approximate surface area is 102 Å². The molecule has 0 saturated carbocycles. The van der Waals surface area contributed by atoms with E-state index < -0.39 is 5.97 Å². The highest BCUT2D eigenvalue weighted by Crippen LogP contribution is 2.09. The van der Waals surface area contributed by atoms with Gasteiger partial charge in [0, 0.05) is 6.61 Å². The topological polar surface area (TPSA) is 46.5 Å². The first-order chi connectivity index (χ1) is 8.13. The van der Waals surface area contributed by atoms with E-state index in [4.69, 9.17) is 9.84 Å². The van der Waals surface area contributed by atoms with Crippen LogP contribution >= 0.6 is 0 Å². The molecule has 1 rings (SSSR count). The van der Waals surface area contributed by atoms with Gasteiger partial charge in [0.1, 0.15) is 0 Å². The van der Waals surface area contributed by atoms with Crippen LogP contribution < -0.4 is 0 Å². The molecule has 0 spiro atoms. The Morgan fingerprint density at radius 2 is 2.24 bits per heavy atom. The largest absolute Gasteiger partial charge is 0.478 e. The van der Waals surface area contributed by atoms with Gasteiger partial charge in [-0.15, -0.1) is 0 Å². The minimum Gasteiger partial charge on any atom is -0.478 e. The molecule has 1 unspecified atom stereocenters. The van der Waals surface area contributed by atoms with Crippen LogP contribution in [0.2, 0.25) is 0 Å². The third-order valence-electron chi connectivity index (χ3n) is 2.63. The van der Waals surface area contributed by atoms with E-state index in [0.29, 0.717) is 18.1 Å². The molecule has 1 N–H and O–H groups in total. The Morgan fingerprint density at radius 1 is 1.47 bits per heavy atom. The van der Waals surface area contributed by atoms with Crippen molar-refractivity contribution in [3.8, 4) is 0 Å². The lowest BCUT2D eigenvalue weighted by molar-refractivity contribution is 0.0695. The van der Waals surface area contributed by atoms with Crippen LogP contribution in [-0.4, -0.2) is 17.7 Å². The Kier molecular flexibility index (Phi) is 5.70. The predicted molar refractivity (Wildman–Crippen MR) is 67.1 cm³/mol. The molecule has 3 heteroatoms. The first-order valence-electron chi connectivity index (χ1n) is 6.03. The molecule has 0 aliphatic heterocycles. The molecule has 17 heavy (non-hydrogen) atoms. The molecular formula is C14H20O3. The number of aromatic carboxylic acids is 1. The van der Waals surface area contributed by atoms with Crippen LogP contribution in [0, 0.1) is 5.92 Å². The van der Waals surface area contributed by atoms with Gasteiger partial charge in [-0.2, -0.15) is 0 Å². The molecule has 0 aliphatic carbocycles. The molecule has 1 aromatic rings. The summed E-state index contributed by atoms with van der Waals surface area (Å²) in [7, 11) is 0. The summed E-state index contributed by atoms with van der Waals surface area (Å²) in [5.74, 6) is -0.339. The Bertz CT molecular complexity index is 360. The molecule has 1 aromatic carbocycles. The molecule has 0 radical (unpaired) electrons. The minimum absolute atomic E-state index is 0.313. The van der Waals surface area contributed by atoms with Gasteiger partial charge in [0.15, 0.2) is 0 Å². The standard InChI is InChI=1S/C14H20O3/c1-3-5-11(2)9-17-10-12-6-4-7-13(8-12)14(15)16/h4,6-8,11H,3,5,9-10H2,1-2H3,(H,15,16). The summed E-state index contributed by atoms with van der Waals surface area (Å²) < 4.78 is 5.58. The summed E-state index contributed by atoms with van der Waals surface area (Å²) in [6.45, 7) is 5.53. The van der Waals surface area contributed by atoms with Crippen molar-refractivity contribution in [3.63, 3.8) is 0 Å². The van der Waals surface area contributed by atoms with Crippen molar-refractivity contribution in [2.24, 2.45) is 5.92 Å². The van der Waals surface area contributed by atoms with E-state index in [1.165, 1.54) is 6.42 Å². The number of carboxylic acid groups (broad SMARTS) is 1. The summed E-state index contributed by atoms with van der Waals surface area (Å²) in [6.07, 6.45) is 2.33. The summed E-state index contributed by atoms with van der Waals surface area (Å²) in [5.41, 5.74) is 1.22. The van der Waals surface area contributed by atoms with E-state index in [0.717, 1.165) is 18.6 Å². The van der Waals surface area contributed by atoms with Crippen LogP contribution in [0.1, 0.15) is 42.6 Å². The van der Waals surface area contributed by atoms with Crippen molar-refractivity contribution in [1.82, 2.24) is 0 Å². The number of carboxylic acids is 1. The quantitative estimate of drug-likeness (QED) is 0.789. The molecule has 0 amide bonds. The molecule has 94 valence electrons. The summed E-state index contributed by atoms with van der Waals surface area (Å²) in [4.78, 5) is 10.8. The molecule has 0 aromatic heterocycles. The van der Waals surface area contributed by atoms with Gasteiger partial charge in [-0.1, -0.05) is 32.4 Å². The second-order valence-electron chi connectivity index (χ2n) is 4.41. The highest BCUT2D eigenvalue weighted by molar-refractivity contribution is 5.87. The van der Waals surface area contributed by atoms with Crippen LogP contribution in [-0.2, 0) is 11.3 Å². The lowest BCUT2D eigenvalue weighted by Gasteiger charge is -2.10. The molecule has 3 nitrogen and oxygen atoms in total. The maximum atomic E-state index is 10.8.